The number of nitrogens with one attached hydrogen (secondary N) is 1. The minimum atomic E-state index is -0.569. The van der Waals surface area contributed by atoms with Crippen molar-refractivity contribution in [2.45, 2.75) is 6.92 Å². The van der Waals surface area contributed by atoms with Crippen molar-refractivity contribution in [2.75, 3.05) is 18.7 Å². The van der Waals surface area contributed by atoms with E-state index in [9.17, 15) is 4.79 Å². The first kappa shape index (κ1) is 10.7. The molecule has 0 radical (unpaired) electrons. The lowest BCUT2D eigenvalue weighted by Crippen LogP contribution is -2.14. The van der Waals surface area contributed by atoms with Gasteiger partial charge in [0, 0.05) is 11.5 Å². The summed E-state index contributed by atoms with van der Waals surface area (Å²) < 4.78 is 13.2. The number of hydrogen-bond acceptors (Lipinski definition) is 7. The molecule has 0 fully saturated rings. The summed E-state index contributed by atoms with van der Waals surface area (Å²) in [6, 6.07) is 0. The molecule has 0 aliphatic heterocycles. The van der Waals surface area contributed by atoms with Gasteiger partial charge in [-0.1, -0.05) is 9.59 Å². The Balaban J connectivity index is 2.56. The zero-order valence-electron chi connectivity index (χ0n) is 7.52. The standard InChI is InChI=1S/C6H10N4O3S/c1-2-12-6(11)8-5-4(13-3-7)9-10-14-5/h2-3,7H2,1H3,(H,8,11). The van der Waals surface area contributed by atoms with Crippen LogP contribution in [-0.2, 0) is 4.74 Å². The summed E-state index contributed by atoms with van der Waals surface area (Å²) in [7, 11) is 0. The topological polar surface area (TPSA) is 99.4 Å². The number of carbonyl (C=O) groups is 1. The van der Waals surface area contributed by atoms with Gasteiger partial charge >= 0.3 is 6.09 Å². The van der Waals surface area contributed by atoms with Crippen molar-refractivity contribution in [3.05, 3.63) is 0 Å². The molecule has 78 valence electrons. The van der Waals surface area contributed by atoms with Crippen LogP contribution in [0.4, 0.5) is 9.80 Å². The molecule has 1 aromatic heterocycles. The molecule has 0 unspecified atom stereocenters. The molecule has 1 amide bonds. The smallest absolute Gasteiger partial charge is 0.412 e. The first-order valence-corrected chi connectivity index (χ1v) is 4.64. The summed E-state index contributed by atoms with van der Waals surface area (Å²) in [6.45, 7) is 1.98. The van der Waals surface area contributed by atoms with E-state index in [1.54, 1.807) is 6.92 Å². The van der Waals surface area contributed by atoms with Gasteiger partial charge in [0.05, 0.1) is 6.61 Å². The van der Waals surface area contributed by atoms with Gasteiger partial charge in [-0.05, 0) is 6.92 Å². The van der Waals surface area contributed by atoms with Crippen LogP contribution in [0.15, 0.2) is 0 Å². The predicted molar refractivity (Wildman–Crippen MR) is 50.2 cm³/mol. The number of aromatic nitrogens is 2. The number of ether oxygens (including phenoxy) is 2. The lowest BCUT2D eigenvalue weighted by Gasteiger charge is -2.03. The molecule has 0 bridgehead atoms. The van der Waals surface area contributed by atoms with Gasteiger partial charge in [-0.15, -0.1) is 0 Å². The highest BCUT2D eigenvalue weighted by atomic mass is 32.1. The Morgan fingerprint density at radius 1 is 1.71 bits per heavy atom. The Morgan fingerprint density at radius 3 is 3.14 bits per heavy atom. The zero-order chi connectivity index (χ0) is 10.4. The molecule has 0 aromatic carbocycles. The maximum Gasteiger partial charge on any atom is 0.412 e. The minimum Gasteiger partial charge on any atom is -0.459 e. The van der Waals surface area contributed by atoms with Gasteiger partial charge in [0.15, 0.2) is 5.00 Å². The lowest BCUT2D eigenvalue weighted by molar-refractivity contribution is 0.168. The van der Waals surface area contributed by atoms with E-state index in [-0.39, 0.29) is 12.6 Å². The number of nitrogens with two attached hydrogens (primary N) is 1. The Hall–Kier alpha value is -1.41. The van der Waals surface area contributed by atoms with Crippen LogP contribution in [0.3, 0.4) is 0 Å². The van der Waals surface area contributed by atoms with Gasteiger partial charge < -0.3 is 9.47 Å². The maximum absolute atomic E-state index is 11.0. The largest absolute Gasteiger partial charge is 0.459 e. The molecule has 1 rings (SSSR count). The van der Waals surface area contributed by atoms with Crippen LogP contribution in [0.2, 0.25) is 0 Å². The van der Waals surface area contributed by atoms with Crippen molar-refractivity contribution < 1.29 is 14.3 Å². The van der Waals surface area contributed by atoms with Crippen molar-refractivity contribution in [3.63, 3.8) is 0 Å². The third-order valence-electron chi connectivity index (χ3n) is 1.17. The highest BCUT2D eigenvalue weighted by Gasteiger charge is 2.12. The molecule has 1 aromatic rings. The molecule has 0 atom stereocenters. The minimum absolute atomic E-state index is 0.0249. The first-order chi connectivity index (χ1) is 6.77. The van der Waals surface area contributed by atoms with Crippen molar-refractivity contribution in [1.82, 2.24) is 9.59 Å². The fourth-order valence-electron chi connectivity index (χ4n) is 0.692. The van der Waals surface area contributed by atoms with Gasteiger partial charge in [-0.25, -0.2) is 4.79 Å². The first-order valence-electron chi connectivity index (χ1n) is 3.87. The van der Waals surface area contributed by atoms with E-state index >= 15 is 0 Å². The van der Waals surface area contributed by atoms with Crippen molar-refractivity contribution in [1.29, 1.82) is 0 Å². The van der Waals surface area contributed by atoms with E-state index < -0.39 is 6.09 Å². The number of rotatable bonds is 4. The van der Waals surface area contributed by atoms with E-state index in [1.165, 1.54) is 0 Å². The molecule has 0 saturated carbocycles. The van der Waals surface area contributed by atoms with E-state index in [1.807, 2.05) is 0 Å². The third-order valence-corrected chi connectivity index (χ3v) is 1.79. The van der Waals surface area contributed by atoms with Gasteiger partial charge in [0.1, 0.15) is 6.73 Å². The molecule has 0 aliphatic rings. The van der Waals surface area contributed by atoms with Crippen LogP contribution >= 0.6 is 11.5 Å². The number of carbonyl (C=O) groups excluding carboxylic acids is 1. The molecule has 0 aliphatic carbocycles. The monoisotopic (exact) mass is 218 g/mol. The quantitative estimate of drug-likeness (QED) is 0.710. The normalized spacial score (nSPS) is 9.57. The Bertz CT molecular complexity index is 303. The Kier molecular flexibility index (Phi) is 4.08. The summed E-state index contributed by atoms with van der Waals surface area (Å²) in [4.78, 5) is 11.0. The number of nitrogens with zero attached hydrogens (tertiary/aromatic N) is 2. The SMILES string of the molecule is CCOC(=O)Nc1snnc1OCN. The molecule has 7 nitrogen and oxygen atoms in total. The maximum atomic E-state index is 11.0. The molecule has 14 heavy (non-hydrogen) atoms. The molecule has 0 saturated heterocycles. The van der Waals surface area contributed by atoms with E-state index in [0.29, 0.717) is 11.6 Å². The molecule has 3 N–H and O–H groups in total. The highest BCUT2D eigenvalue weighted by molar-refractivity contribution is 7.10. The van der Waals surface area contributed by atoms with Gasteiger partial charge in [-0.2, -0.15) is 0 Å². The van der Waals surface area contributed by atoms with E-state index in [2.05, 4.69) is 19.6 Å². The molecular formula is C6H10N4O3S. The number of amides is 1. The van der Waals surface area contributed by atoms with Crippen LogP contribution < -0.4 is 15.8 Å². The predicted octanol–water partition coefficient (Wildman–Crippen LogP) is 0.402. The average molecular weight is 218 g/mol. The van der Waals surface area contributed by atoms with Gasteiger partial charge in [0.2, 0.25) is 0 Å². The summed E-state index contributed by atoms with van der Waals surface area (Å²) in [5.74, 6) is 0.200. The molecule has 1 heterocycles. The molecule has 0 spiro atoms. The van der Waals surface area contributed by atoms with Crippen LogP contribution in [0.5, 0.6) is 5.88 Å². The fraction of sp³-hybridized carbons (Fsp3) is 0.500. The molecule has 8 heteroatoms. The Morgan fingerprint density at radius 2 is 2.50 bits per heavy atom. The summed E-state index contributed by atoms with van der Waals surface area (Å²) in [5, 5.41) is 6.43. The zero-order valence-corrected chi connectivity index (χ0v) is 8.34. The second-order valence-corrected chi connectivity index (χ2v) is 2.82. The molecular weight excluding hydrogens is 208 g/mol. The number of anilines is 1. The van der Waals surface area contributed by atoms with E-state index in [4.69, 9.17) is 10.5 Å². The van der Waals surface area contributed by atoms with Gasteiger partial charge in [-0.3, -0.25) is 11.1 Å². The summed E-state index contributed by atoms with van der Waals surface area (Å²) in [6.07, 6.45) is -0.569. The van der Waals surface area contributed by atoms with Gasteiger partial charge in [0.25, 0.3) is 5.88 Å². The fourth-order valence-corrected chi connectivity index (χ4v) is 1.20. The number of hydrogen-bond donors (Lipinski definition) is 2. The average Bonchev–Trinajstić information content (AvgIpc) is 2.54. The van der Waals surface area contributed by atoms with Crippen LogP contribution in [-0.4, -0.2) is 29.0 Å². The van der Waals surface area contributed by atoms with Crippen molar-refractivity contribution in [3.8, 4) is 5.88 Å². The van der Waals surface area contributed by atoms with Crippen molar-refractivity contribution in [2.24, 2.45) is 5.73 Å². The lowest BCUT2D eigenvalue weighted by atomic mass is 10.7. The third kappa shape index (κ3) is 2.82. The highest BCUT2D eigenvalue weighted by Crippen LogP contribution is 2.24. The summed E-state index contributed by atoms with van der Waals surface area (Å²) in [5.41, 5.74) is 5.15. The second kappa shape index (κ2) is 5.35. The van der Waals surface area contributed by atoms with Crippen molar-refractivity contribution >= 4 is 22.6 Å². The van der Waals surface area contributed by atoms with Crippen LogP contribution in [0.25, 0.3) is 0 Å². The van der Waals surface area contributed by atoms with Crippen LogP contribution in [0, 0.1) is 0 Å². The second-order valence-electron chi connectivity index (χ2n) is 2.06. The Labute approximate surface area is 84.4 Å². The van der Waals surface area contributed by atoms with E-state index in [0.717, 1.165) is 11.5 Å². The van der Waals surface area contributed by atoms with Crippen LogP contribution in [0.1, 0.15) is 6.92 Å². The summed E-state index contributed by atoms with van der Waals surface area (Å²) >= 11 is 0.990.